The lowest BCUT2D eigenvalue weighted by Crippen LogP contribution is -2.10. The van der Waals surface area contributed by atoms with Gasteiger partial charge in [-0.15, -0.1) is 11.3 Å². The number of H-pyrrole nitrogens is 2. The number of aromatic nitrogens is 7. The van der Waals surface area contributed by atoms with Crippen molar-refractivity contribution in [2.24, 2.45) is 5.41 Å². The smallest absolute Gasteiger partial charge is 0.161 e. The van der Waals surface area contributed by atoms with Crippen LogP contribution >= 0.6 is 11.3 Å². The molecular weight excluding hydrogens is 516 g/mol. The van der Waals surface area contributed by atoms with Crippen molar-refractivity contribution in [2.75, 3.05) is 5.32 Å². The highest BCUT2D eigenvalue weighted by molar-refractivity contribution is 7.16. The molecule has 0 fully saturated rings. The van der Waals surface area contributed by atoms with Crippen LogP contribution in [0.4, 0.5) is 5.69 Å². The van der Waals surface area contributed by atoms with Crippen LogP contribution in [0.2, 0.25) is 0 Å². The van der Waals surface area contributed by atoms with Crippen LogP contribution in [-0.4, -0.2) is 35.1 Å². The lowest BCUT2D eigenvalue weighted by Gasteiger charge is -2.20. The number of nitrogens with one attached hydrogen (secondary N) is 3. The topological polar surface area (TPSA) is 108 Å². The minimum Gasteiger partial charge on any atom is -0.358 e. The zero-order valence-electron chi connectivity index (χ0n) is 23.0. The van der Waals surface area contributed by atoms with Gasteiger partial charge in [-0.1, -0.05) is 33.9 Å². The van der Waals surface area contributed by atoms with Crippen molar-refractivity contribution in [2.45, 2.75) is 34.1 Å². The summed E-state index contributed by atoms with van der Waals surface area (Å²) in [5.41, 5.74) is 9.38. The van der Waals surface area contributed by atoms with Crippen LogP contribution in [0.1, 0.15) is 39.0 Å². The summed E-state index contributed by atoms with van der Waals surface area (Å²) < 4.78 is 0. The number of anilines is 1. The van der Waals surface area contributed by atoms with Gasteiger partial charge in [0.15, 0.2) is 11.5 Å². The summed E-state index contributed by atoms with van der Waals surface area (Å²) in [6.07, 6.45) is 6.26. The third kappa shape index (κ3) is 5.03. The number of rotatable bonds is 7. The van der Waals surface area contributed by atoms with E-state index in [-0.39, 0.29) is 5.41 Å². The number of imidazole rings is 1. The molecule has 0 spiro atoms. The molecule has 0 aliphatic heterocycles. The van der Waals surface area contributed by atoms with Crippen LogP contribution in [0.25, 0.3) is 61.0 Å². The van der Waals surface area contributed by atoms with Crippen molar-refractivity contribution in [3.05, 3.63) is 78.7 Å². The maximum atomic E-state index is 4.97. The van der Waals surface area contributed by atoms with Crippen molar-refractivity contribution in [1.82, 2.24) is 35.1 Å². The lowest BCUT2D eigenvalue weighted by atomic mass is 9.91. The Balaban J connectivity index is 1.36. The number of hydrogen-bond donors (Lipinski definition) is 3. The Hall–Kier alpha value is -4.63. The Morgan fingerprint density at radius 2 is 1.80 bits per heavy atom. The molecule has 0 aliphatic rings. The molecule has 9 heteroatoms. The third-order valence-corrected chi connectivity index (χ3v) is 7.65. The molecule has 0 saturated heterocycles. The summed E-state index contributed by atoms with van der Waals surface area (Å²) in [6.45, 7) is 16.8. The summed E-state index contributed by atoms with van der Waals surface area (Å²) >= 11 is 1.66. The SMILES string of the molecule is C=C(CC(C)(C)C)Nc1cncc(-c2ccc3[nH]nc(-c4nc5c(-c6ccc(C(=C)C)s6)nccc5[nH]4)c3n2)c1. The molecule has 0 atom stereocenters. The second-order valence-electron chi connectivity index (χ2n) is 11.2. The number of thiophene rings is 1. The van der Waals surface area contributed by atoms with Gasteiger partial charge in [-0.2, -0.15) is 5.10 Å². The van der Waals surface area contributed by atoms with Gasteiger partial charge >= 0.3 is 0 Å². The fraction of sp³-hybridized carbons (Fsp3) is 0.194. The minimum absolute atomic E-state index is 0.143. The van der Waals surface area contributed by atoms with Gasteiger partial charge in [0.2, 0.25) is 0 Å². The van der Waals surface area contributed by atoms with Crippen LogP contribution in [0.15, 0.2) is 73.8 Å². The second-order valence-corrected chi connectivity index (χ2v) is 12.3. The van der Waals surface area contributed by atoms with Crippen molar-refractivity contribution in [3.63, 3.8) is 0 Å². The standard InChI is InChI=1S/C31H30N8S/c1-17(2)24-9-10-25(40-24)28-26-22(11-12-33-28)36-30(37-26)29-27-23(38-39-29)8-7-21(35-27)19-13-20(16-32-15-19)34-18(3)14-31(4,5)6/h7-13,15-16,34H,1,3,14H2,2,4-6H3,(H,36,37)(H,38,39). The van der Waals surface area contributed by atoms with E-state index in [1.807, 2.05) is 37.4 Å². The molecule has 0 radical (unpaired) electrons. The summed E-state index contributed by atoms with van der Waals surface area (Å²) in [6, 6.07) is 12.0. The summed E-state index contributed by atoms with van der Waals surface area (Å²) in [5, 5.41) is 11.1. The van der Waals surface area contributed by atoms with Gasteiger partial charge in [0.05, 0.1) is 33.5 Å². The van der Waals surface area contributed by atoms with Crippen LogP contribution < -0.4 is 5.32 Å². The number of pyridine rings is 3. The largest absolute Gasteiger partial charge is 0.358 e. The van der Waals surface area contributed by atoms with Crippen molar-refractivity contribution >= 4 is 44.7 Å². The van der Waals surface area contributed by atoms with Crippen LogP contribution in [0, 0.1) is 5.41 Å². The highest BCUT2D eigenvalue weighted by Crippen LogP contribution is 2.35. The number of nitrogens with zero attached hydrogens (tertiary/aromatic N) is 5. The van der Waals surface area contributed by atoms with Gasteiger partial charge in [-0.05, 0) is 60.7 Å². The zero-order valence-corrected chi connectivity index (χ0v) is 23.8. The first kappa shape index (κ1) is 25.6. The molecule has 200 valence electrons. The number of aromatic amines is 2. The number of hydrogen-bond acceptors (Lipinski definition) is 7. The lowest BCUT2D eigenvalue weighted by molar-refractivity contribution is 0.411. The molecule has 6 aromatic heterocycles. The minimum atomic E-state index is 0.143. The van der Waals surface area contributed by atoms with Crippen LogP contribution in [0.5, 0.6) is 0 Å². The van der Waals surface area contributed by atoms with E-state index in [2.05, 4.69) is 76.5 Å². The Labute approximate surface area is 236 Å². The quantitative estimate of drug-likeness (QED) is 0.187. The van der Waals surface area contributed by atoms with Crippen molar-refractivity contribution < 1.29 is 0 Å². The molecule has 6 rings (SSSR count). The van der Waals surface area contributed by atoms with Gasteiger partial charge in [-0.3, -0.25) is 15.1 Å². The Morgan fingerprint density at radius 1 is 0.975 bits per heavy atom. The molecule has 8 nitrogen and oxygen atoms in total. The molecule has 3 N–H and O–H groups in total. The van der Waals surface area contributed by atoms with Gasteiger partial charge < -0.3 is 10.3 Å². The monoisotopic (exact) mass is 546 g/mol. The molecule has 0 unspecified atom stereocenters. The van der Waals surface area contributed by atoms with Gasteiger partial charge in [0.25, 0.3) is 0 Å². The average molecular weight is 547 g/mol. The average Bonchev–Trinajstić information content (AvgIpc) is 3.65. The van der Waals surface area contributed by atoms with Crippen LogP contribution in [0.3, 0.4) is 0 Å². The maximum absolute atomic E-state index is 4.97. The van der Waals surface area contributed by atoms with E-state index in [1.54, 1.807) is 23.7 Å². The predicted molar refractivity (Wildman–Crippen MR) is 165 cm³/mol. The van der Waals surface area contributed by atoms with E-state index in [9.17, 15) is 0 Å². The number of allylic oxidation sites excluding steroid dienone is 2. The van der Waals surface area contributed by atoms with Crippen molar-refractivity contribution in [3.8, 4) is 33.3 Å². The first-order chi connectivity index (χ1) is 19.1. The number of fused-ring (bicyclic) bond motifs is 2. The predicted octanol–water partition coefficient (Wildman–Crippen LogP) is 8.08. The molecule has 0 amide bonds. The molecule has 0 aromatic carbocycles. The fourth-order valence-corrected chi connectivity index (χ4v) is 5.61. The maximum Gasteiger partial charge on any atom is 0.161 e. The summed E-state index contributed by atoms with van der Waals surface area (Å²) in [5.74, 6) is 0.629. The molecule has 0 bridgehead atoms. The molecule has 0 aliphatic carbocycles. The molecule has 6 aromatic rings. The Kier molecular flexibility index (Phi) is 6.31. The Morgan fingerprint density at radius 3 is 2.58 bits per heavy atom. The van der Waals surface area contributed by atoms with E-state index in [0.717, 1.165) is 72.2 Å². The molecule has 0 saturated carbocycles. The van der Waals surface area contributed by atoms with Crippen molar-refractivity contribution in [1.29, 1.82) is 0 Å². The van der Waals surface area contributed by atoms with E-state index < -0.39 is 0 Å². The van der Waals surface area contributed by atoms with Crippen LogP contribution in [-0.2, 0) is 0 Å². The first-order valence-corrected chi connectivity index (χ1v) is 13.8. The van der Waals surface area contributed by atoms with E-state index in [1.165, 1.54) is 0 Å². The highest BCUT2D eigenvalue weighted by Gasteiger charge is 2.18. The second kappa shape index (κ2) is 9.84. The molecule has 40 heavy (non-hydrogen) atoms. The molecular formula is C31H30N8S. The third-order valence-electron chi connectivity index (χ3n) is 6.39. The highest BCUT2D eigenvalue weighted by atomic mass is 32.1. The van der Waals surface area contributed by atoms with E-state index in [4.69, 9.17) is 9.97 Å². The first-order valence-electron chi connectivity index (χ1n) is 13.0. The van der Waals surface area contributed by atoms with E-state index in [0.29, 0.717) is 11.5 Å². The van der Waals surface area contributed by atoms with Gasteiger partial charge in [0, 0.05) is 28.5 Å². The van der Waals surface area contributed by atoms with Gasteiger partial charge in [-0.25, -0.2) is 9.97 Å². The summed E-state index contributed by atoms with van der Waals surface area (Å²) in [4.78, 5) is 24.6. The molecule has 6 heterocycles. The zero-order chi connectivity index (χ0) is 28.0. The Bertz CT molecular complexity index is 1900. The van der Waals surface area contributed by atoms with Gasteiger partial charge in [0.1, 0.15) is 16.7 Å². The normalized spacial score (nSPS) is 11.8. The fourth-order valence-electron chi connectivity index (χ4n) is 4.68. The van der Waals surface area contributed by atoms with E-state index >= 15 is 0 Å². The summed E-state index contributed by atoms with van der Waals surface area (Å²) in [7, 11) is 0.